The van der Waals surface area contributed by atoms with Gasteiger partial charge in [0, 0.05) is 13.5 Å². The van der Waals surface area contributed by atoms with Gasteiger partial charge in [-0.3, -0.25) is 4.79 Å². The van der Waals surface area contributed by atoms with Crippen molar-refractivity contribution in [1.82, 2.24) is 5.32 Å². The maximum atomic E-state index is 10.4. The Morgan fingerprint density at radius 1 is 1.78 bits per heavy atom. The Kier molecular flexibility index (Phi) is 4.25. The minimum atomic E-state index is -1.85. The van der Waals surface area contributed by atoms with Crippen molar-refractivity contribution in [2.75, 3.05) is 12.8 Å². The predicted octanol–water partition coefficient (Wildman–Crippen LogP) is -0.656. The second-order valence-electron chi connectivity index (χ2n) is 1.45. The van der Waals surface area contributed by atoms with Gasteiger partial charge in [-0.05, 0) is 0 Å². The normalized spacial score (nSPS) is 12.7. The smallest absolute Gasteiger partial charge is 0.220 e. The average Bonchev–Trinajstić information content (AvgIpc) is 1.83. The lowest BCUT2D eigenvalue weighted by Gasteiger charge is -1.93. The van der Waals surface area contributed by atoms with Crippen LogP contribution in [0.3, 0.4) is 0 Å². The summed E-state index contributed by atoms with van der Waals surface area (Å²) in [6.07, 6.45) is 0.111. The number of amides is 1. The largest absolute Gasteiger partial charge is 0.359 e. The van der Waals surface area contributed by atoms with E-state index in [1.165, 1.54) is 7.05 Å². The number of carbonyl (C=O) groups excluding carboxylic acids is 1. The van der Waals surface area contributed by atoms with Gasteiger partial charge in [0.15, 0.2) is 11.1 Å². The van der Waals surface area contributed by atoms with E-state index >= 15 is 0 Å². The van der Waals surface area contributed by atoms with Gasteiger partial charge in [0.25, 0.3) is 0 Å². The molecule has 0 bridgehead atoms. The van der Waals surface area contributed by atoms with E-state index < -0.39 is 11.1 Å². The first-order valence-corrected chi connectivity index (χ1v) is 3.72. The van der Waals surface area contributed by atoms with E-state index in [2.05, 4.69) is 5.32 Å². The molecule has 0 heterocycles. The van der Waals surface area contributed by atoms with Crippen LogP contribution < -0.4 is 5.32 Å². The van der Waals surface area contributed by atoms with Crippen LogP contribution in [0.25, 0.3) is 0 Å². The molecule has 0 saturated heterocycles. The Morgan fingerprint density at radius 2 is 2.33 bits per heavy atom. The third kappa shape index (κ3) is 5.45. The Hall–Kier alpha value is -0.420. The minimum absolute atomic E-state index is 0.0136. The van der Waals surface area contributed by atoms with Crippen LogP contribution in [0.1, 0.15) is 6.42 Å². The zero-order valence-corrected chi connectivity index (χ0v) is 5.90. The molecule has 0 aliphatic carbocycles. The van der Waals surface area contributed by atoms with Crippen LogP contribution in [0, 0.1) is 0 Å². The van der Waals surface area contributed by atoms with Gasteiger partial charge >= 0.3 is 0 Å². The number of nitrogens with one attached hydrogen (secondary N) is 1. The van der Waals surface area contributed by atoms with Crippen LogP contribution in [0.2, 0.25) is 0 Å². The van der Waals surface area contributed by atoms with Gasteiger partial charge in [-0.2, -0.15) is 0 Å². The summed E-state index contributed by atoms with van der Waals surface area (Å²) in [5, 5.41) is 2.34. The quantitative estimate of drug-likeness (QED) is 0.526. The molecule has 0 spiro atoms. The third-order valence-corrected chi connectivity index (χ3v) is 1.34. The molecule has 2 N–H and O–H groups in total. The summed E-state index contributed by atoms with van der Waals surface area (Å²) >= 11 is -1.85. The molecule has 0 aliphatic heterocycles. The highest BCUT2D eigenvalue weighted by Crippen LogP contribution is 1.81. The molecule has 0 fully saturated rings. The molecular weight excluding hydrogens is 142 g/mol. The molecule has 0 radical (unpaired) electrons. The molecule has 0 aliphatic rings. The van der Waals surface area contributed by atoms with Crippen molar-refractivity contribution in [1.29, 1.82) is 0 Å². The second kappa shape index (κ2) is 4.46. The first-order chi connectivity index (χ1) is 4.16. The molecule has 0 rings (SSSR count). The molecule has 1 atom stereocenters. The van der Waals surface area contributed by atoms with Crippen LogP contribution in [0.5, 0.6) is 0 Å². The van der Waals surface area contributed by atoms with Crippen molar-refractivity contribution in [3.63, 3.8) is 0 Å². The first kappa shape index (κ1) is 8.58. The fourth-order valence-electron chi connectivity index (χ4n) is 0.305. The van der Waals surface area contributed by atoms with E-state index in [1.54, 1.807) is 0 Å². The van der Waals surface area contributed by atoms with Gasteiger partial charge < -0.3 is 9.87 Å². The Morgan fingerprint density at radius 3 is 2.67 bits per heavy atom. The summed E-state index contributed by atoms with van der Waals surface area (Å²) in [5.41, 5.74) is 0. The topological polar surface area (TPSA) is 66.4 Å². The third-order valence-electron chi connectivity index (χ3n) is 0.783. The SMILES string of the molecule is CNC(=O)CCS(=O)O. The predicted molar refractivity (Wildman–Crippen MR) is 34.3 cm³/mol. The maximum Gasteiger partial charge on any atom is 0.220 e. The number of hydrogen-bond acceptors (Lipinski definition) is 2. The summed E-state index contributed by atoms with van der Waals surface area (Å²) in [6, 6.07) is 0. The van der Waals surface area contributed by atoms with Crippen molar-refractivity contribution in [2.45, 2.75) is 6.42 Å². The van der Waals surface area contributed by atoms with Crippen molar-refractivity contribution in [2.24, 2.45) is 0 Å². The Balaban J connectivity index is 3.28. The lowest BCUT2D eigenvalue weighted by Crippen LogP contribution is -2.19. The number of hydrogen-bond donors (Lipinski definition) is 2. The highest BCUT2D eigenvalue weighted by molar-refractivity contribution is 7.79. The summed E-state index contributed by atoms with van der Waals surface area (Å²) < 4.78 is 18.1. The molecular formula is C4H9NO3S. The van der Waals surface area contributed by atoms with E-state index in [1.807, 2.05) is 0 Å². The molecule has 0 saturated carbocycles. The average molecular weight is 151 g/mol. The van der Waals surface area contributed by atoms with E-state index in [0.29, 0.717) is 0 Å². The summed E-state index contributed by atoms with van der Waals surface area (Å²) in [4.78, 5) is 10.4. The van der Waals surface area contributed by atoms with Gasteiger partial charge in [-0.25, -0.2) is 4.21 Å². The molecule has 0 aromatic heterocycles. The van der Waals surface area contributed by atoms with Gasteiger partial charge in [0.05, 0.1) is 5.75 Å². The molecule has 54 valence electrons. The number of carbonyl (C=O) groups is 1. The van der Waals surface area contributed by atoms with Crippen molar-refractivity contribution >= 4 is 17.0 Å². The summed E-state index contributed by atoms with van der Waals surface area (Å²) in [6.45, 7) is 0. The zero-order valence-electron chi connectivity index (χ0n) is 5.09. The fourth-order valence-corrected chi connectivity index (χ4v) is 0.665. The zero-order chi connectivity index (χ0) is 7.28. The fraction of sp³-hybridized carbons (Fsp3) is 0.750. The number of rotatable bonds is 3. The highest BCUT2D eigenvalue weighted by atomic mass is 32.2. The van der Waals surface area contributed by atoms with Gasteiger partial charge in [-0.15, -0.1) is 0 Å². The van der Waals surface area contributed by atoms with Gasteiger partial charge in [0.2, 0.25) is 5.91 Å². The van der Waals surface area contributed by atoms with E-state index in [9.17, 15) is 9.00 Å². The monoisotopic (exact) mass is 151 g/mol. The van der Waals surface area contributed by atoms with Crippen LogP contribution in [0.15, 0.2) is 0 Å². The van der Waals surface area contributed by atoms with Gasteiger partial charge in [0.1, 0.15) is 0 Å². The van der Waals surface area contributed by atoms with E-state index in [0.717, 1.165) is 0 Å². The molecule has 1 amide bonds. The molecule has 0 aromatic rings. The molecule has 1 unspecified atom stereocenters. The molecule has 9 heavy (non-hydrogen) atoms. The molecule has 4 nitrogen and oxygen atoms in total. The van der Waals surface area contributed by atoms with Gasteiger partial charge in [-0.1, -0.05) is 0 Å². The van der Waals surface area contributed by atoms with Crippen molar-refractivity contribution in [3.05, 3.63) is 0 Å². The lowest BCUT2D eigenvalue weighted by molar-refractivity contribution is -0.120. The van der Waals surface area contributed by atoms with Crippen LogP contribution in [0.4, 0.5) is 0 Å². The maximum absolute atomic E-state index is 10.4. The van der Waals surface area contributed by atoms with E-state index in [4.69, 9.17) is 4.55 Å². The standard InChI is InChI=1S/C4H9NO3S/c1-5-4(6)2-3-9(7)8/h2-3H2,1H3,(H,5,6)(H,7,8). The van der Waals surface area contributed by atoms with Crippen LogP contribution in [-0.4, -0.2) is 27.5 Å². The Labute approximate surface area is 55.9 Å². The van der Waals surface area contributed by atoms with Crippen LogP contribution in [-0.2, 0) is 15.9 Å². The highest BCUT2D eigenvalue weighted by Gasteiger charge is 1.99. The molecule has 5 heteroatoms. The summed E-state index contributed by atoms with van der Waals surface area (Å²) in [7, 11) is 1.49. The Bertz CT molecular complexity index is 125. The van der Waals surface area contributed by atoms with E-state index in [-0.39, 0.29) is 18.1 Å². The van der Waals surface area contributed by atoms with Crippen molar-refractivity contribution < 1.29 is 13.6 Å². The summed E-state index contributed by atoms with van der Waals surface area (Å²) in [5.74, 6) is -0.197. The molecule has 0 aromatic carbocycles. The van der Waals surface area contributed by atoms with Crippen molar-refractivity contribution in [3.8, 4) is 0 Å². The second-order valence-corrected chi connectivity index (χ2v) is 2.50. The first-order valence-electron chi connectivity index (χ1n) is 2.45. The minimum Gasteiger partial charge on any atom is -0.359 e. The van der Waals surface area contributed by atoms with Crippen LogP contribution >= 0.6 is 0 Å². The lowest BCUT2D eigenvalue weighted by atomic mass is 10.5.